The molecule has 0 spiro atoms. The molecule has 1 saturated carbocycles. The molecule has 5 heteroatoms. The third kappa shape index (κ3) is 7.35. The van der Waals surface area contributed by atoms with Gasteiger partial charge in [-0.25, -0.2) is 0 Å². The summed E-state index contributed by atoms with van der Waals surface area (Å²) in [6.45, 7) is 8.07. The van der Waals surface area contributed by atoms with Crippen LogP contribution in [0.25, 0.3) is 0 Å². The molecule has 2 rings (SSSR count). The Morgan fingerprint density at radius 3 is 2.52 bits per heavy atom. The van der Waals surface area contributed by atoms with E-state index < -0.39 is 0 Å². The first-order chi connectivity index (χ1) is 15.9. The van der Waals surface area contributed by atoms with Gasteiger partial charge in [0.05, 0.1) is 11.4 Å². The Balaban J connectivity index is 1.89. The zero-order valence-corrected chi connectivity index (χ0v) is 21.2. The lowest BCUT2D eigenvalue weighted by atomic mass is 9.89. The van der Waals surface area contributed by atoms with Gasteiger partial charge in [0.2, 0.25) is 0 Å². The lowest BCUT2D eigenvalue weighted by Gasteiger charge is -2.33. The Kier molecular flexibility index (Phi) is 11.0. The Morgan fingerprint density at radius 2 is 1.88 bits per heavy atom. The van der Waals surface area contributed by atoms with Crippen molar-refractivity contribution in [1.29, 1.82) is 0 Å². The van der Waals surface area contributed by atoms with Crippen LogP contribution in [0.5, 0.6) is 0 Å². The fraction of sp³-hybridized carbons (Fsp3) is 0.643. The van der Waals surface area contributed by atoms with Crippen molar-refractivity contribution in [2.24, 2.45) is 16.8 Å². The van der Waals surface area contributed by atoms with Gasteiger partial charge in [-0.05, 0) is 77.4 Å². The number of hydrogen-bond donors (Lipinski definition) is 0. The summed E-state index contributed by atoms with van der Waals surface area (Å²) < 4.78 is 0. The van der Waals surface area contributed by atoms with E-state index in [2.05, 4.69) is 29.9 Å². The van der Waals surface area contributed by atoms with Crippen LogP contribution in [0, 0.1) is 11.8 Å². The summed E-state index contributed by atoms with van der Waals surface area (Å²) in [5.41, 5.74) is 2.45. The minimum Gasteiger partial charge on any atom is -0.343 e. The molecular weight excluding hydrogens is 412 g/mol. The van der Waals surface area contributed by atoms with Crippen LogP contribution < -0.4 is 0 Å². The summed E-state index contributed by atoms with van der Waals surface area (Å²) in [5.74, 6) is 0.637. The molecule has 0 amide bonds. The van der Waals surface area contributed by atoms with Gasteiger partial charge in [0, 0.05) is 44.0 Å². The zero-order valence-electron chi connectivity index (χ0n) is 21.2. The standard InChI is InChI=1S/C28H42N2O3/c1-6-11-24(29-5)28(33)23-14-10-13-22(16-17-23)26(31)15-9-12-21-18-27(32)25(8-3)30(19-21)20(4)7-2/h6,8,11,19-20,22-23H,7,9-10,12-18H2,1-5H3/b11-6-,25-8-,29-24?. The van der Waals surface area contributed by atoms with Crippen molar-refractivity contribution in [2.75, 3.05) is 7.05 Å². The molecule has 0 N–H and O–H groups in total. The van der Waals surface area contributed by atoms with E-state index in [0.29, 0.717) is 24.3 Å². The summed E-state index contributed by atoms with van der Waals surface area (Å²) in [5, 5.41) is 0. The number of Topliss-reactive ketones (excluding diaryl/α,β-unsaturated/α-hetero) is 3. The number of hydrogen-bond acceptors (Lipinski definition) is 5. The lowest BCUT2D eigenvalue weighted by Crippen LogP contribution is -2.34. The predicted molar refractivity (Wildman–Crippen MR) is 135 cm³/mol. The van der Waals surface area contributed by atoms with E-state index in [-0.39, 0.29) is 29.4 Å². The van der Waals surface area contributed by atoms with Crippen LogP contribution >= 0.6 is 0 Å². The highest BCUT2D eigenvalue weighted by atomic mass is 16.1. The average molecular weight is 455 g/mol. The van der Waals surface area contributed by atoms with Gasteiger partial charge in [-0.3, -0.25) is 19.4 Å². The summed E-state index contributed by atoms with van der Waals surface area (Å²) in [4.78, 5) is 44.5. The molecular formula is C28H42N2O3. The number of aliphatic imine (C=N–C) groups is 1. The topological polar surface area (TPSA) is 66.8 Å². The van der Waals surface area contributed by atoms with Gasteiger partial charge in [-0.1, -0.05) is 25.5 Å². The highest BCUT2D eigenvalue weighted by Crippen LogP contribution is 2.31. The second-order valence-corrected chi connectivity index (χ2v) is 9.42. The second kappa shape index (κ2) is 13.4. The molecule has 33 heavy (non-hydrogen) atoms. The smallest absolute Gasteiger partial charge is 0.183 e. The highest BCUT2D eigenvalue weighted by Gasteiger charge is 2.29. The third-order valence-corrected chi connectivity index (χ3v) is 7.15. The van der Waals surface area contributed by atoms with Gasteiger partial charge < -0.3 is 4.90 Å². The first-order valence-electron chi connectivity index (χ1n) is 12.7. The Hall–Kier alpha value is -2.30. The molecule has 3 unspecified atom stereocenters. The zero-order chi connectivity index (χ0) is 24.4. The van der Waals surface area contributed by atoms with E-state index >= 15 is 0 Å². The minimum absolute atomic E-state index is 0.0246. The van der Waals surface area contributed by atoms with Crippen molar-refractivity contribution in [3.8, 4) is 0 Å². The quantitative estimate of drug-likeness (QED) is 0.231. The van der Waals surface area contributed by atoms with Gasteiger partial charge in [-0.2, -0.15) is 0 Å². The predicted octanol–water partition coefficient (Wildman–Crippen LogP) is 6.00. The number of carbonyl (C=O) groups is 3. The van der Waals surface area contributed by atoms with Gasteiger partial charge in [0.1, 0.15) is 5.78 Å². The Labute approximate surface area is 200 Å². The van der Waals surface area contributed by atoms with Crippen molar-refractivity contribution in [1.82, 2.24) is 4.90 Å². The van der Waals surface area contributed by atoms with E-state index in [9.17, 15) is 14.4 Å². The van der Waals surface area contributed by atoms with Gasteiger partial charge in [0.25, 0.3) is 0 Å². The minimum atomic E-state index is -0.0246. The average Bonchev–Trinajstić information content (AvgIpc) is 3.07. The van der Waals surface area contributed by atoms with Crippen molar-refractivity contribution in [3.63, 3.8) is 0 Å². The maximum Gasteiger partial charge on any atom is 0.183 e. The van der Waals surface area contributed by atoms with Gasteiger partial charge >= 0.3 is 0 Å². The molecule has 182 valence electrons. The summed E-state index contributed by atoms with van der Waals surface area (Å²) in [7, 11) is 1.66. The molecule has 3 atom stereocenters. The van der Waals surface area contributed by atoms with E-state index in [4.69, 9.17) is 0 Å². The van der Waals surface area contributed by atoms with Crippen LogP contribution in [0.4, 0.5) is 0 Å². The maximum atomic E-state index is 12.9. The fourth-order valence-electron chi connectivity index (χ4n) is 4.99. The molecule has 1 aliphatic heterocycles. The lowest BCUT2D eigenvalue weighted by molar-refractivity contribution is -0.123. The van der Waals surface area contributed by atoms with E-state index in [1.54, 1.807) is 13.1 Å². The molecule has 0 saturated heterocycles. The summed E-state index contributed by atoms with van der Waals surface area (Å²) in [6, 6.07) is 0.282. The van der Waals surface area contributed by atoms with Gasteiger partial charge in [0.15, 0.2) is 11.6 Å². The van der Waals surface area contributed by atoms with Crippen molar-refractivity contribution in [2.45, 2.75) is 97.9 Å². The molecule has 1 aliphatic carbocycles. The molecule has 1 heterocycles. The van der Waals surface area contributed by atoms with E-state index in [0.717, 1.165) is 62.6 Å². The first kappa shape index (κ1) is 26.9. The van der Waals surface area contributed by atoms with Crippen molar-refractivity contribution < 1.29 is 14.4 Å². The molecule has 0 aromatic heterocycles. The Morgan fingerprint density at radius 1 is 1.18 bits per heavy atom. The number of allylic oxidation sites excluding steroid dienone is 5. The number of rotatable bonds is 10. The van der Waals surface area contributed by atoms with Crippen LogP contribution in [0.15, 0.2) is 40.7 Å². The largest absolute Gasteiger partial charge is 0.343 e. The maximum absolute atomic E-state index is 12.9. The SMILES string of the molecule is C/C=C\C(=NC)C(=O)C1CCCC(C(=O)CCCC2=CN(C(C)CC)/C(=C\C)C(=O)C2)CC1. The number of carbonyl (C=O) groups excluding carboxylic acids is 3. The van der Waals surface area contributed by atoms with Crippen LogP contribution in [0.2, 0.25) is 0 Å². The highest BCUT2D eigenvalue weighted by molar-refractivity contribution is 6.44. The molecule has 0 radical (unpaired) electrons. The first-order valence-corrected chi connectivity index (χ1v) is 12.7. The van der Waals surface area contributed by atoms with Gasteiger partial charge in [-0.15, -0.1) is 0 Å². The molecule has 0 bridgehead atoms. The van der Waals surface area contributed by atoms with Crippen LogP contribution in [-0.2, 0) is 14.4 Å². The van der Waals surface area contributed by atoms with Crippen LogP contribution in [0.3, 0.4) is 0 Å². The summed E-state index contributed by atoms with van der Waals surface area (Å²) in [6.07, 6.45) is 15.4. The van der Waals surface area contributed by atoms with E-state index in [1.165, 1.54) is 0 Å². The fourth-order valence-corrected chi connectivity index (χ4v) is 4.99. The van der Waals surface area contributed by atoms with E-state index in [1.807, 2.05) is 26.0 Å². The normalized spacial score (nSPS) is 24.7. The number of nitrogens with zero attached hydrogens (tertiary/aromatic N) is 2. The van der Waals surface area contributed by atoms with Crippen LogP contribution in [0.1, 0.15) is 91.9 Å². The summed E-state index contributed by atoms with van der Waals surface area (Å²) >= 11 is 0. The van der Waals surface area contributed by atoms with Crippen molar-refractivity contribution >= 4 is 23.1 Å². The molecule has 5 nitrogen and oxygen atoms in total. The Bertz CT molecular complexity index is 834. The number of ketones is 3. The third-order valence-electron chi connectivity index (χ3n) is 7.15. The molecule has 0 aromatic rings. The monoisotopic (exact) mass is 454 g/mol. The van der Waals surface area contributed by atoms with Crippen LogP contribution in [-0.4, -0.2) is 41.1 Å². The molecule has 1 fully saturated rings. The molecule has 0 aromatic carbocycles. The molecule has 2 aliphatic rings. The van der Waals surface area contributed by atoms with Crippen molar-refractivity contribution in [3.05, 3.63) is 35.7 Å². The second-order valence-electron chi connectivity index (χ2n) is 9.42.